The van der Waals surface area contributed by atoms with Crippen LogP contribution in [0.2, 0.25) is 0 Å². The van der Waals surface area contributed by atoms with E-state index >= 15 is 0 Å². The van der Waals surface area contributed by atoms with Crippen molar-refractivity contribution in [3.05, 3.63) is 60.1 Å². The van der Waals surface area contributed by atoms with E-state index in [1.165, 1.54) is 0 Å². The summed E-state index contributed by atoms with van der Waals surface area (Å²) < 4.78 is 5.66. The molecule has 6 nitrogen and oxygen atoms in total. The molecule has 1 aliphatic heterocycles. The molecule has 0 bridgehead atoms. The van der Waals surface area contributed by atoms with Crippen molar-refractivity contribution in [2.24, 2.45) is 0 Å². The number of rotatable bonds is 4. The number of aliphatic hydroxyl groups excluding tert-OH is 1. The number of nitrogens with zero attached hydrogens (tertiary/aromatic N) is 2. The molecule has 1 aliphatic rings. The molecule has 2 heterocycles. The number of amidine groups is 1. The molecule has 0 saturated heterocycles. The number of nitrogens with one attached hydrogen (secondary N) is 2. The fraction of sp³-hybridized carbons (Fsp3) is 0.200. The van der Waals surface area contributed by atoms with Crippen LogP contribution in [0.1, 0.15) is 19.7 Å². The molecule has 0 radical (unpaired) electrons. The summed E-state index contributed by atoms with van der Waals surface area (Å²) in [5.41, 5.74) is 2.95. The van der Waals surface area contributed by atoms with Crippen molar-refractivity contribution >= 4 is 28.1 Å². The molecule has 0 spiro atoms. The van der Waals surface area contributed by atoms with Gasteiger partial charge in [-0.25, -0.2) is 4.98 Å². The van der Waals surface area contributed by atoms with Crippen molar-refractivity contribution in [1.82, 2.24) is 9.97 Å². The van der Waals surface area contributed by atoms with Crippen LogP contribution in [-0.4, -0.2) is 33.6 Å². The smallest absolute Gasteiger partial charge is 0.145 e. The zero-order valence-corrected chi connectivity index (χ0v) is 14.7. The first-order valence-electron chi connectivity index (χ1n) is 8.53. The number of aromatic nitrogens is 2. The number of benzene rings is 2. The van der Waals surface area contributed by atoms with Crippen molar-refractivity contribution in [2.75, 3.05) is 11.4 Å². The summed E-state index contributed by atoms with van der Waals surface area (Å²) in [6.07, 6.45) is 0.108. The van der Waals surface area contributed by atoms with Gasteiger partial charge in [0, 0.05) is 5.69 Å². The largest absolute Gasteiger partial charge is 0.509 e. The zero-order chi connectivity index (χ0) is 18.3. The van der Waals surface area contributed by atoms with Crippen molar-refractivity contribution in [3.8, 4) is 5.75 Å². The Morgan fingerprint density at radius 3 is 2.58 bits per heavy atom. The average molecular weight is 348 g/mol. The number of hydrogen-bond donors (Lipinski definition) is 3. The summed E-state index contributed by atoms with van der Waals surface area (Å²) >= 11 is 0. The predicted octanol–water partition coefficient (Wildman–Crippen LogP) is 4.12. The number of anilines is 1. The number of imidazole rings is 1. The fourth-order valence-electron chi connectivity index (χ4n) is 3.10. The summed E-state index contributed by atoms with van der Waals surface area (Å²) in [6, 6.07) is 15.2. The molecule has 26 heavy (non-hydrogen) atoms. The molecule has 0 unspecified atom stereocenters. The number of hydrogen-bond acceptors (Lipinski definition) is 4. The SMILES string of the molecule is CC(C)Oc1ccc(N2CC(O)=C(c3nc4ccccc4[nH]3)C2=N)cc1. The molecule has 3 N–H and O–H groups in total. The Morgan fingerprint density at radius 1 is 1.15 bits per heavy atom. The molecule has 132 valence electrons. The standard InChI is InChI=1S/C20H20N4O2/c1-12(2)26-14-9-7-13(8-10-14)24-11-17(25)18(19(24)21)20-22-15-5-3-4-6-16(15)23-20/h3-10,12,21,25H,11H2,1-2H3,(H,22,23). The highest BCUT2D eigenvalue weighted by Gasteiger charge is 2.31. The second-order valence-corrected chi connectivity index (χ2v) is 6.52. The third-order valence-corrected chi connectivity index (χ3v) is 4.25. The van der Waals surface area contributed by atoms with E-state index in [1.807, 2.05) is 62.4 Å². The normalized spacial score (nSPS) is 14.7. The van der Waals surface area contributed by atoms with E-state index in [9.17, 15) is 5.11 Å². The number of fused-ring (bicyclic) bond motifs is 1. The highest BCUT2D eigenvalue weighted by molar-refractivity contribution is 6.30. The van der Waals surface area contributed by atoms with Gasteiger partial charge >= 0.3 is 0 Å². The lowest BCUT2D eigenvalue weighted by Crippen LogP contribution is -2.26. The molecule has 6 heteroatoms. The van der Waals surface area contributed by atoms with E-state index < -0.39 is 0 Å². The van der Waals surface area contributed by atoms with Gasteiger partial charge in [0.1, 0.15) is 23.2 Å². The Labute approximate surface area is 151 Å². The van der Waals surface area contributed by atoms with Crippen molar-refractivity contribution in [1.29, 1.82) is 5.41 Å². The van der Waals surface area contributed by atoms with Crippen LogP contribution in [0.5, 0.6) is 5.75 Å². The fourth-order valence-corrected chi connectivity index (χ4v) is 3.10. The molecule has 0 amide bonds. The molecule has 0 atom stereocenters. The molecule has 4 rings (SSSR count). The molecule has 0 aliphatic carbocycles. The van der Waals surface area contributed by atoms with Gasteiger partial charge in [-0.2, -0.15) is 0 Å². The molecular weight excluding hydrogens is 328 g/mol. The van der Waals surface area contributed by atoms with Crippen LogP contribution in [0.25, 0.3) is 16.6 Å². The Hall–Kier alpha value is -3.28. The minimum absolute atomic E-state index is 0.108. The van der Waals surface area contributed by atoms with Gasteiger partial charge in [0.2, 0.25) is 0 Å². The van der Waals surface area contributed by atoms with Crippen LogP contribution < -0.4 is 9.64 Å². The van der Waals surface area contributed by atoms with Crippen LogP contribution >= 0.6 is 0 Å². The minimum Gasteiger partial charge on any atom is -0.509 e. The monoisotopic (exact) mass is 348 g/mol. The molecule has 0 fully saturated rings. The number of para-hydroxylation sites is 2. The lowest BCUT2D eigenvalue weighted by molar-refractivity contribution is 0.242. The Bertz CT molecular complexity index is 969. The second kappa shape index (κ2) is 6.22. The number of aliphatic hydroxyl groups is 1. The maximum atomic E-state index is 10.5. The van der Waals surface area contributed by atoms with E-state index in [1.54, 1.807) is 4.90 Å². The number of H-pyrrole nitrogens is 1. The summed E-state index contributed by atoms with van der Waals surface area (Å²) in [5.74, 6) is 1.65. The molecule has 1 aromatic heterocycles. The predicted molar refractivity (Wildman–Crippen MR) is 103 cm³/mol. The Kier molecular flexibility index (Phi) is 3.88. The first-order valence-corrected chi connectivity index (χ1v) is 8.53. The van der Waals surface area contributed by atoms with Gasteiger partial charge in [-0.05, 0) is 50.2 Å². The van der Waals surface area contributed by atoms with E-state index in [4.69, 9.17) is 10.1 Å². The molecular formula is C20H20N4O2. The van der Waals surface area contributed by atoms with Gasteiger partial charge in [-0.15, -0.1) is 0 Å². The van der Waals surface area contributed by atoms with Gasteiger partial charge in [0.05, 0.1) is 29.3 Å². The lowest BCUT2D eigenvalue weighted by Gasteiger charge is -2.19. The van der Waals surface area contributed by atoms with Gasteiger partial charge < -0.3 is 19.7 Å². The van der Waals surface area contributed by atoms with Gasteiger partial charge in [0.15, 0.2) is 0 Å². The van der Waals surface area contributed by atoms with E-state index in [2.05, 4.69) is 9.97 Å². The van der Waals surface area contributed by atoms with Gasteiger partial charge in [0.25, 0.3) is 0 Å². The first kappa shape index (κ1) is 16.2. The number of ether oxygens (including phenoxy) is 1. The lowest BCUT2D eigenvalue weighted by atomic mass is 10.2. The van der Waals surface area contributed by atoms with Crippen LogP contribution in [0.3, 0.4) is 0 Å². The van der Waals surface area contributed by atoms with Crippen molar-refractivity contribution in [2.45, 2.75) is 20.0 Å². The average Bonchev–Trinajstić information content (AvgIpc) is 3.15. The summed E-state index contributed by atoms with van der Waals surface area (Å²) in [5, 5.41) is 19.0. The van der Waals surface area contributed by atoms with Crippen LogP contribution in [0, 0.1) is 5.41 Å². The van der Waals surface area contributed by atoms with E-state index in [0.29, 0.717) is 11.4 Å². The van der Waals surface area contributed by atoms with Crippen LogP contribution in [-0.2, 0) is 0 Å². The maximum absolute atomic E-state index is 10.5. The van der Waals surface area contributed by atoms with Crippen LogP contribution in [0.4, 0.5) is 5.69 Å². The Morgan fingerprint density at radius 2 is 1.88 bits per heavy atom. The highest BCUT2D eigenvalue weighted by Crippen LogP contribution is 2.31. The minimum atomic E-state index is 0.108. The van der Waals surface area contributed by atoms with Gasteiger partial charge in [-0.3, -0.25) is 5.41 Å². The van der Waals surface area contributed by atoms with E-state index in [-0.39, 0.29) is 24.2 Å². The highest BCUT2D eigenvalue weighted by atomic mass is 16.5. The maximum Gasteiger partial charge on any atom is 0.145 e. The zero-order valence-electron chi connectivity index (χ0n) is 14.7. The van der Waals surface area contributed by atoms with Crippen molar-refractivity contribution < 1.29 is 9.84 Å². The number of aromatic amines is 1. The first-order chi connectivity index (χ1) is 12.5. The molecule has 0 saturated carbocycles. The second-order valence-electron chi connectivity index (χ2n) is 6.52. The van der Waals surface area contributed by atoms with E-state index in [0.717, 1.165) is 22.5 Å². The summed E-state index contributed by atoms with van der Waals surface area (Å²) in [6.45, 7) is 4.20. The van der Waals surface area contributed by atoms with Crippen molar-refractivity contribution in [3.63, 3.8) is 0 Å². The van der Waals surface area contributed by atoms with Crippen LogP contribution in [0.15, 0.2) is 54.3 Å². The molecule has 3 aromatic rings. The Balaban J connectivity index is 1.61. The molecule has 2 aromatic carbocycles. The summed E-state index contributed by atoms with van der Waals surface area (Å²) in [4.78, 5) is 9.44. The topological polar surface area (TPSA) is 85.2 Å². The van der Waals surface area contributed by atoms with Gasteiger partial charge in [-0.1, -0.05) is 12.1 Å². The quantitative estimate of drug-likeness (QED) is 0.662. The summed E-state index contributed by atoms with van der Waals surface area (Å²) in [7, 11) is 0. The third kappa shape index (κ3) is 2.79. The third-order valence-electron chi connectivity index (χ3n) is 4.25.